The minimum atomic E-state index is -0.947. The van der Waals surface area contributed by atoms with Crippen LogP contribution in [-0.4, -0.2) is 31.4 Å². The van der Waals surface area contributed by atoms with Crippen LogP contribution in [0.1, 0.15) is 44.2 Å². The molecule has 7 nitrogen and oxygen atoms in total. The second kappa shape index (κ2) is 10.8. The Morgan fingerprint density at radius 2 is 1.75 bits per heavy atom. The molecule has 0 unspecified atom stereocenters. The van der Waals surface area contributed by atoms with Crippen LogP contribution in [0, 0.1) is 11.8 Å². The molecule has 0 spiro atoms. The maximum atomic E-state index is 13.9. The molecule has 1 aliphatic carbocycles. The van der Waals surface area contributed by atoms with Crippen molar-refractivity contribution in [1.29, 1.82) is 0 Å². The second-order valence-corrected chi connectivity index (χ2v) is 9.07. The molecule has 0 aromatic heterocycles. The maximum Gasteiger partial charge on any atom is 0.336 e. The molecule has 4 rings (SSSR count). The van der Waals surface area contributed by atoms with E-state index in [4.69, 9.17) is 14.2 Å². The molecule has 0 saturated heterocycles. The Labute approximate surface area is 211 Å². The third-order valence-electron chi connectivity index (χ3n) is 6.71. The number of esters is 2. The summed E-state index contributed by atoms with van der Waals surface area (Å²) >= 11 is 0. The smallest absolute Gasteiger partial charge is 0.336 e. The van der Waals surface area contributed by atoms with Crippen LogP contribution in [0.5, 0.6) is 5.75 Å². The lowest BCUT2D eigenvalue weighted by molar-refractivity contribution is -0.151. The summed E-state index contributed by atoms with van der Waals surface area (Å²) in [4.78, 5) is 39.7. The summed E-state index contributed by atoms with van der Waals surface area (Å²) in [6.45, 7) is 5.91. The van der Waals surface area contributed by atoms with Gasteiger partial charge in [-0.3, -0.25) is 9.59 Å². The van der Waals surface area contributed by atoms with Gasteiger partial charge in [-0.25, -0.2) is 4.79 Å². The van der Waals surface area contributed by atoms with Crippen LogP contribution < -0.4 is 10.1 Å². The van der Waals surface area contributed by atoms with Crippen LogP contribution in [-0.2, 0) is 30.5 Å². The van der Waals surface area contributed by atoms with E-state index in [1.807, 2.05) is 61.5 Å². The van der Waals surface area contributed by atoms with E-state index >= 15 is 0 Å². The fourth-order valence-corrected chi connectivity index (χ4v) is 5.06. The summed E-state index contributed by atoms with van der Waals surface area (Å²) in [7, 11) is 1.28. The van der Waals surface area contributed by atoms with Crippen molar-refractivity contribution in [2.45, 2.75) is 39.7 Å². The van der Waals surface area contributed by atoms with E-state index in [9.17, 15) is 14.4 Å². The van der Waals surface area contributed by atoms with Gasteiger partial charge in [-0.15, -0.1) is 0 Å². The highest BCUT2D eigenvalue weighted by Crippen LogP contribution is 2.47. The van der Waals surface area contributed by atoms with Crippen molar-refractivity contribution >= 4 is 17.7 Å². The number of para-hydroxylation sites is 1. The van der Waals surface area contributed by atoms with E-state index in [1.165, 1.54) is 7.11 Å². The Balaban J connectivity index is 1.84. The zero-order valence-electron chi connectivity index (χ0n) is 21.0. The van der Waals surface area contributed by atoms with E-state index in [0.29, 0.717) is 46.9 Å². The highest BCUT2D eigenvalue weighted by Gasteiger charge is 2.47. The second-order valence-electron chi connectivity index (χ2n) is 9.07. The number of ketones is 1. The van der Waals surface area contributed by atoms with E-state index in [0.717, 1.165) is 5.56 Å². The highest BCUT2D eigenvalue weighted by molar-refractivity contribution is 6.12. The number of carbonyl (C=O) groups is 3. The van der Waals surface area contributed by atoms with Crippen LogP contribution in [0.15, 0.2) is 77.1 Å². The largest absolute Gasteiger partial charge is 0.489 e. The summed E-state index contributed by atoms with van der Waals surface area (Å²) in [5.41, 5.74) is 3.69. The molecule has 2 aliphatic rings. The van der Waals surface area contributed by atoms with Crippen molar-refractivity contribution in [3.05, 3.63) is 88.3 Å². The normalized spacial score (nSPS) is 21.4. The number of nitrogens with one attached hydrogen (secondary N) is 1. The van der Waals surface area contributed by atoms with Crippen molar-refractivity contribution in [2.24, 2.45) is 11.8 Å². The molecule has 3 atom stereocenters. The van der Waals surface area contributed by atoms with Gasteiger partial charge in [0.2, 0.25) is 0 Å². The fraction of sp³-hybridized carbons (Fsp3) is 0.345. The number of Topliss-reactive ketones (excluding diaryl/α,β-unsaturated/α-hetero) is 1. The quantitative estimate of drug-likeness (QED) is 0.454. The molecule has 188 valence electrons. The molecule has 2 aromatic carbocycles. The lowest BCUT2D eigenvalue weighted by Crippen LogP contribution is -2.43. The maximum absolute atomic E-state index is 13.9. The van der Waals surface area contributed by atoms with Gasteiger partial charge in [-0.2, -0.15) is 0 Å². The molecule has 0 bridgehead atoms. The molecule has 0 saturated carbocycles. The molecular formula is C29H31NO6. The molecule has 0 amide bonds. The average Bonchev–Trinajstić information content (AvgIpc) is 2.87. The van der Waals surface area contributed by atoms with Crippen molar-refractivity contribution in [3.8, 4) is 5.75 Å². The first-order valence-electron chi connectivity index (χ1n) is 12.1. The molecular weight excluding hydrogens is 458 g/mol. The zero-order chi connectivity index (χ0) is 25.8. The fourth-order valence-electron chi connectivity index (χ4n) is 5.06. The Morgan fingerprint density at radius 3 is 2.44 bits per heavy atom. The van der Waals surface area contributed by atoms with E-state index in [2.05, 4.69) is 5.32 Å². The minimum absolute atomic E-state index is 0.191. The first-order chi connectivity index (χ1) is 17.4. The van der Waals surface area contributed by atoms with Crippen LogP contribution in [0.3, 0.4) is 0 Å². The van der Waals surface area contributed by atoms with Crippen molar-refractivity contribution in [2.75, 3.05) is 13.7 Å². The molecule has 1 N–H and O–H groups in total. The topological polar surface area (TPSA) is 90.9 Å². The summed E-state index contributed by atoms with van der Waals surface area (Å²) in [5.74, 6) is -2.83. The number of hydrogen-bond acceptors (Lipinski definition) is 7. The third-order valence-corrected chi connectivity index (χ3v) is 6.71. The van der Waals surface area contributed by atoms with Crippen LogP contribution in [0.4, 0.5) is 0 Å². The van der Waals surface area contributed by atoms with E-state index in [1.54, 1.807) is 13.8 Å². The number of allylic oxidation sites excluding steroid dienone is 3. The van der Waals surface area contributed by atoms with Gasteiger partial charge >= 0.3 is 11.9 Å². The average molecular weight is 490 g/mol. The van der Waals surface area contributed by atoms with E-state index < -0.39 is 23.8 Å². The Bertz CT molecular complexity index is 1230. The van der Waals surface area contributed by atoms with Gasteiger partial charge in [0, 0.05) is 22.5 Å². The van der Waals surface area contributed by atoms with Gasteiger partial charge in [-0.1, -0.05) is 55.5 Å². The minimum Gasteiger partial charge on any atom is -0.489 e. The van der Waals surface area contributed by atoms with Crippen LogP contribution in [0.25, 0.3) is 0 Å². The first-order valence-corrected chi connectivity index (χ1v) is 12.1. The number of benzene rings is 2. The zero-order valence-corrected chi connectivity index (χ0v) is 21.0. The molecule has 2 aromatic rings. The lowest BCUT2D eigenvalue weighted by atomic mass is 9.69. The Morgan fingerprint density at radius 1 is 1.06 bits per heavy atom. The van der Waals surface area contributed by atoms with Gasteiger partial charge < -0.3 is 19.5 Å². The van der Waals surface area contributed by atoms with Gasteiger partial charge in [0.25, 0.3) is 0 Å². The number of carbonyl (C=O) groups excluding carboxylic acids is 3. The van der Waals surface area contributed by atoms with Crippen LogP contribution >= 0.6 is 0 Å². The summed E-state index contributed by atoms with van der Waals surface area (Å²) in [6.07, 6.45) is 0.470. The van der Waals surface area contributed by atoms with Gasteiger partial charge in [0.05, 0.1) is 25.2 Å². The number of methoxy groups -OCH3 is 1. The summed E-state index contributed by atoms with van der Waals surface area (Å²) < 4.78 is 16.6. The number of dihydropyridines is 1. The molecule has 0 radical (unpaired) electrons. The highest BCUT2D eigenvalue weighted by atomic mass is 16.5. The van der Waals surface area contributed by atoms with Crippen molar-refractivity contribution < 1.29 is 28.6 Å². The summed E-state index contributed by atoms with van der Waals surface area (Å²) in [6, 6.07) is 17.1. The molecule has 1 aliphatic heterocycles. The SMILES string of the molecule is CCOC(=O)C1=C(C)NC2=C(C(=O)[C@@H](C(=O)OC)[C@@H](C)C2)[C@@H]1c1ccccc1OCc1ccccc1. The molecule has 36 heavy (non-hydrogen) atoms. The lowest BCUT2D eigenvalue weighted by Gasteiger charge is -2.38. The Kier molecular flexibility index (Phi) is 7.58. The standard InChI is InChI=1S/C29H31NO6/c1-5-35-29(33)24-18(3)30-21-15-17(2)23(28(32)34-4)27(31)26(21)25(24)20-13-9-10-14-22(20)36-16-19-11-7-6-8-12-19/h6-14,17,23,25,30H,5,15-16H2,1-4H3/t17-,23-,25+/m0/s1. The van der Waals surface area contributed by atoms with Gasteiger partial charge in [0.15, 0.2) is 5.78 Å². The Hall–Kier alpha value is -3.87. The molecule has 0 fully saturated rings. The van der Waals surface area contributed by atoms with Crippen molar-refractivity contribution in [1.82, 2.24) is 5.32 Å². The van der Waals surface area contributed by atoms with E-state index in [-0.39, 0.29) is 18.3 Å². The number of rotatable bonds is 7. The predicted molar refractivity (Wildman–Crippen MR) is 134 cm³/mol. The number of ether oxygens (including phenoxy) is 3. The number of hydrogen-bond donors (Lipinski definition) is 1. The van der Waals surface area contributed by atoms with Gasteiger partial charge in [-0.05, 0) is 37.8 Å². The van der Waals surface area contributed by atoms with Crippen LogP contribution in [0.2, 0.25) is 0 Å². The monoisotopic (exact) mass is 489 g/mol. The van der Waals surface area contributed by atoms with Crippen molar-refractivity contribution in [3.63, 3.8) is 0 Å². The first kappa shape index (κ1) is 25.2. The molecule has 7 heteroatoms. The molecule has 1 heterocycles. The summed E-state index contributed by atoms with van der Waals surface area (Å²) in [5, 5.41) is 3.27. The predicted octanol–water partition coefficient (Wildman–Crippen LogP) is 4.44. The van der Waals surface area contributed by atoms with Gasteiger partial charge in [0.1, 0.15) is 18.3 Å². The third kappa shape index (κ3) is 4.78.